The summed E-state index contributed by atoms with van der Waals surface area (Å²) in [5.74, 6) is -2.47. The summed E-state index contributed by atoms with van der Waals surface area (Å²) < 4.78 is 0. The Morgan fingerprint density at radius 3 is 0.871 bits per heavy atom. The minimum Gasteiger partial charge on any atom is -0.545 e. The number of hydrogen-bond acceptors (Lipinski definition) is 6. The zero-order valence-electron chi connectivity index (χ0n) is 15.9. The fraction of sp³-hybridized carbons (Fsp3) is 0. The summed E-state index contributed by atoms with van der Waals surface area (Å²) in [6.07, 6.45) is 1.30. The minimum atomic E-state index is -1.23. The molecule has 20 N–H and O–H groups in total. The van der Waals surface area contributed by atoms with Crippen LogP contribution in [0.15, 0.2) is 48.5 Å². The van der Waals surface area contributed by atoms with E-state index in [1.807, 2.05) is 0 Å². The molecule has 183 valence electrons. The molecule has 2 rings (SSSR count). The molecular weight excluding hydrogens is 475 g/mol. The number of carboxylic acids is 2. The van der Waals surface area contributed by atoms with Gasteiger partial charge in [-0.15, -0.1) is 0 Å². The van der Waals surface area contributed by atoms with Crippen molar-refractivity contribution >= 4 is 24.5 Å². The van der Waals surface area contributed by atoms with Crippen molar-refractivity contribution in [3.05, 3.63) is 70.8 Å². The molecule has 0 aliphatic heterocycles. The average molecular weight is 505 g/mol. The molecule has 0 heterocycles. The molecule has 2 aromatic rings. The van der Waals surface area contributed by atoms with Crippen LogP contribution in [0.1, 0.15) is 41.4 Å². The molecule has 0 aromatic heterocycles. The Labute approximate surface area is 185 Å². The zero-order valence-corrected chi connectivity index (χ0v) is 16.9. The Morgan fingerprint density at radius 2 is 0.742 bits per heavy atom. The van der Waals surface area contributed by atoms with Gasteiger partial charge < -0.3 is 63.6 Å². The zero-order chi connectivity index (χ0) is 16.5. The number of carbonyl (C=O) groups excluding carboxylic acids is 4. The van der Waals surface area contributed by atoms with E-state index in [0.29, 0.717) is 23.7 Å². The summed E-state index contributed by atoms with van der Waals surface area (Å²) in [5.41, 5.74) is 1.07. The van der Waals surface area contributed by atoms with Gasteiger partial charge in [-0.05, 0) is 11.1 Å². The Bertz CT molecular complexity index is 627. The van der Waals surface area contributed by atoms with Crippen LogP contribution in [0.3, 0.4) is 0 Å². The Morgan fingerprint density at radius 1 is 0.548 bits per heavy atom. The quantitative estimate of drug-likeness (QED) is 0.286. The Hall–Kier alpha value is -3.09. The number of rotatable bonds is 4. The summed E-state index contributed by atoms with van der Waals surface area (Å²) in [6, 6.07) is 11.0. The molecule has 0 spiro atoms. The standard InChI is InChI=1S/2C8H6O3.Co.8H2O/c2*9-5-6-1-3-7(4-2-6)8(10)11;;;;;;;;;/h2*1-5H,(H,10,11);;8*1H2/q;;+2;;;;;;;;/p+2. The molecule has 0 aliphatic carbocycles. The molecular formula is C16H30CoO14+4. The van der Waals surface area contributed by atoms with Gasteiger partial charge in [0, 0.05) is 11.1 Å². The largest absolute Gasteiger partial charge is 2.00 e. The van der Waals surface area contributed by atoms with Gasteiger partial charge in [0.25, 0.3) is 0 Å². The fourth-order valence-corrected chi connectivity index (χ4v) is 1.40. The van der Waals surface area contributed by atoms with Crippen molar-refractivity contribution in [1.29, 1.82) is 0 Å². The van der Waals surface area contributed by atoms with E-state index in [4.69, 9.17) is 0 Å². The van der Waals surface area contributed by atoms with E-state index in [2.05, 4.69) is 0 Å². The van der Waals surface area contributed by atoms with Crippen LogP contribution >= 0.6 is 0 Å². The minimum absolute atomic E-state index is 0. The Balaban J connectivity index is -0.0000000346. The van der Waals surface area contributed by atoms with Crippen LogP contribution in [0.5, 0.6) is 0 Å². The first-order valence-corrected chi connectivity index (χ1v) is 6.01. The number of aromatic carboxylic acids is 2. The van der Waals surface area contributed by atoms with E-state index < -0.39 is 11.9 Å². The number of carbonyl (C=O) groups is 4. The maximum Gasteiger partial charge on any atom is 2.00 e. The van der Waals surface area contributed by atoms with Gasteiger partial charge in [-0.1, -0.05) is 48.5 Å². The fourth-order valence-electron chi connectivity index (χ4n) is 1.40. The van der Waals surface area contributed by atoms with Gasteiger partial charge in [-0.2, -0.15) is 0 Å². The SMILES string of the molecule is O.O.O.O.O=Cc1ccc(C(=O)[O-])cc1.O=Cc1ccc(C(=O)[O-])cc1.[Co+2].[OH3+].[OH3+].[OH3+].[OH3+]. The predicted molar refractivity (Wildman–Crippen MR) is 106 cm³/mol. The second-order valence-corrected chi connectivity index (χ2v) is 4.05. The van der Waals surface area contributed by atoms with Gasteiger partial charge in [-0.25, -0.2) is 0 Å². The molecule has 0 saturated heterocycles. The first-order chi connectivity index (χ1) is 10.5. The molecule has 1 radical (unpaired) electrons. The van der Waals surface area contributed by atoms with Gasteiger partial charge in [0.2, 0.25) is 0 Å². The van der Waals surface area contributed by atoms with Crippen LogP contribution in [0.4, 0.5) is 0 Å². The number of hydrogen-bond donors (Lipinski definition) is 0. The van der Waals surface area contributed by atoms with Crippen LogP contribution in [0, 0.1) is 0 Å². The molecule has 2 aromatic carbocycles. The van der Waals surface area contributed by atoms with Gasteiger partial charge in [0.1, 0.15) is 12.6 Å². The molecule has 15 heteroatoms. The van der Waals surface area contributed by atoms with E-state index in [9.17, 15) is 29.4 Å². The molecule has 0 aliphatic rings. The molecule has 0 atom stereocenters. The van der Waals surface area contributed by atoms with Crippen LogP contribution in [-0.2, 0) is 38.7 Å². The monoisotopic (exact) mass is 505 g/mol. The molecule has 0 bridgehead atoms. The Kier molecular flexibility index (Phi) is 53.1. The van der Waals surface area contributed by atoms with Crippen molar-refractivity contribution in [2.24, 2.45) is 0 Å². The third kappa shape index (κ3) is 20.0. The summed E-state index contributed by atoms with van der Waals surface area (Å²) >= 11 is 0. The number of carboxylic acid groups (broad SMARTS) is 2. The summed E-state index contributed by atoms with van der Waals surface area (Å²) in [7, 11) is 0. The normalized spacial score (nSPS) is 6.45. The average Bonchev–Trinajstić information content (AvgIpc) is 2.55. The molecule has 31 heavy (non-hydrogen) atoms. The van der Waals surface area contributed by atoms with Crippen LogP contribution in [-0.4, -0.2) is 46.4 Å². The van der Waals surface area contributed by atoms with Crippen molar-refractivity contribution in [2.75, 3.05) is 0 Å². The van der Waals surface area contributed by atoms with E-state index in [-0.39, 0.29) is 71.7 Å². The maximum atomic E-state index is 10.2. The number of benzene rings is 2. The van der Waals surface area contributed by atoms with Crippen molar-refractivity contribution < 1.29 is 90.0 Å². The van der Waals surface area contributed by atoms with Crippen molar-refractivity contribution in [1.82, 2.24) is 0 Å². The first kappa shape index (κ1) is 56.5. The number of aldehydes is 2. The third-order valence-electron chi connectivity index (χ3n) is 2.56. The molecule has 0 fully saturated rings. The van der Waals surface area contributed by atoms with Gasteiger partial charge >= 0.3 is 16.8 Å². The van der Waals surface area contributed by atoms with Crippen molar-refractivity contribution in [3.63, 3.8) is 0 Å². The van der Waals surface area contributed by atoms with Crippen molar-refractivity contribution in [3.8, 4) is 0 Å². The van der Waals surface area contributed by atoms with E-state index in [1.54, 1.807) is 0 Å². The molecule has 0 saturated carbocycles. The third-order valence-corrected chi connectivity index (χ3v) is 2.56. The van der Waals surface area contributed by atoms with E-state index in [1.165, 1.54) is 48.5 Å². The molecule has 0 amide bonds. The molecule has 14 nitrogen and oxygen atoms in total. The van der Waals surface area contributed by atoms with E-state index >= 15 is 0 Å². The maximum absolute atomic E-state index is 10.2. The van der Waals surface area contributed by atoms with Crippen LogP contribution < -0.4 is 10.2 Å². The van der Waals surface area contributed by atoms with Crippen LogP contribution in [0.25, 0.3) is 0 Å². The van der Waals surface area contributed by atoms with Gasteiger partial charge in [-0.3, -0.25) is 9.59 Å². The second kappa shape index (κ2) is 29.1. The second-order valence-electron chi connectivity index (χ2n) is 4.05. The van der Waals surface area contributed by atoms with Gasteiger partial charge in [0.15, 0.2) is 0 Å². The van der Waals surface area contributed by atoms with Gasteiger partial charge in [0.05, 0.1) is 11.9 Å². The smallest absolute Gasteiger partial charge is 0.545 e. The van der Waals surface area contributed by atoms with Crippen LogP contribution in [0.2, 0.25) is 0 Å². The summed E-state index contributed by atoms with van der Waals surface area (Å²) in [4.78, 5) is 40.7. The molecule has 0 unspecified atom stereocenters. The van der Waals surface area contributed by atoms with Crippen molar-refractivity contribution in [2.45, 2.75) is 0 Å². The summed E-state index contributed by atoms with van der Waals surface area (Å²) in [5, 5.41) is 20.4. The topological polar surface area (TPSA) is 372 Å². The predicted octanol–water partition coefficient (Wildman–Crippen LogP) is -7.26. The van der Waals surface area contributed by atoms with E-state index in [0.717, 1.165) is 0 Å². The first-order valence-electron chi connectivity index (χ1n) is 6.01. The summed E-state index contributed by atoms with van der Waals surface area (Å²) in [6.45, 7) is 0.